The first-order valence-corrected chi connectivity index (χ1v) is 8.82. The molecule has 0 aromatic carbocycles. The molecule has 5 heterocycles. The number of rotatable bonds is 2. The Labute approximate surface area is 159 Å². The Morgan fingerprint density at radius 3 is 2.96 bits per heavy atom. The van der Waals surface area contributed by atoms with Crippen molar-refractivity contribution in [3.05, 3.63) is 48.3 Å². The Kier molecular flexibility index (Phi) is 3.74. The lowest BCUT2D eigenvalue weighted by atomic mass is 9.99. The molecular formula is C19H17FN6O2. The number of H-pyrrole nitrogens is 1. The maximum absolute atomic E-state index is 13.4. The van der Waals surface area contributed by atoms with Crippen LogP contribution in [0.1, 0.15) is 12.6 Å². The summed E-state index contributed by atoms with van der Waals surface area (Å²) in [5, 5.41) is 23.0. The second-order valence-electron chi connectivity index (χ2n) is 7.17. The molecule has 1 aliphatic rings. The topological polar surface area (TPSA) is 102 Å². The molecule has 8 nitrogen and oxygen atoms in total. The number of halogens is 1. The zero-order valence-electron chi connectivity index (χ0n) is 15.1. The number of aromatic amines is 1. The highest BCUT2D eigenvalue weighted by Gasteiger charge is 2.31. The van der Waals surface area contributed by atoms with Gasteiger partial charge in [0, 0.05) is 22.7 Å². The molecule has 0 aliphatic carbocycles. The molecule has 1 unspecified atom stereocenters. The van der Waals surface area contributed by atoms with E-state index < -0.39 is 11.4 Å². The third-order valence-electron chi connectivity index (χ3n) is 4.79. The number of ether oxygens (including phenoxy) is 1. The maximum Gasteiger partial charge on any atom is 0.155 e. The van der Waals surface area contributed by atoms with E-state index in [-0.39, 0.29) is 19.8 Å². The van der Waals surface area contributed by atoms with Crippen LogP contribution in [0.15, 0.2) is 36.8 Å². The van der Waals surface area contributed by atoms with Crippen molar-refractivity contribution < 1.29 is 14.2 Å². The van der Waals surface area contributed by atoms with E-state index in [1.165, 1.54) is 6.07 Å². The van der Waals surface area contributed by atoms with E-state index in [4.69, 9.17) is 9.84 Å². The highest BCUT2D eigenvalue weighted by molar-refractivity contribution is 5.97. The molecule has 0 radical (unpaired) electrons. The molecule has 0 spiro atoms. The average molecular weight is 380 g/mol. The summed E-state index contributed by atoms with van der Waals surface area (Å²) >= 11 is 0. The quantitative estimate of drug-likeness (QED) is 0.553. The van der Waals surface area contributed by atoms with E-state index in [2.05, 4.69) is 20.2 Å². The van der Waals surface area contributed by atoms with E-state index in [1.807, 2.05) is 6.07 Å². The van der Waals surface area contributed by atoms with Crippen LogP contribution in [0.5, 0.6) is 0 Å². The summed E-state index contributed by atoms with van der Waals surface area (Å²) in [6.07, 6.45) is 4.56. The van der Waals surface area contributed by atoms with Gasteiger partial charge >= 0.3 is 0 Å². The number of nitrogens with zero attached hydrogens (tertiary/aromatic N) is 5. The predicted octanol–water partition coefficient (Wildman–Crippen LogP) is 2.30. The van der Waals surface area contributed by atoms with Gasteiger partial charge in [0.2, 0.25) is 0 Å². The number of pyridine rings is 2. The van der Waals surface area contributed by atoms with Crippen LogP contribution in [0, 0.1) is 5.82 Å². The van der Waals surface area contributed by atoms with Crippen molar-refractivity contribution in [1.82, 2.24) is 29.9 Å². The molecule has 9 heteroatoms. The lowest BCUT2D eigenvalue weighted by Gasteiger charge is -2.19. The Balaban J connectivity index is 1.80. The molecule has 28 heavy (non-hydrogen) atoms. The van der Waals surface area contributed by atoms with E-state index >= 15 is 0 Å². The van der Waals surface area contributed by atoms with Gasteiger partial charge in [0.15, 0.2) is 5.65 Å². The van der Waals surface area contributed by atoms with Crippen molar-refractivity contribution in [2.45, 2.75) is 25.7 Å². The molecule has 1 atom stereocenters. The Hall–Kier alpha value is -3.17. The molecule has 142 valence electrons. The summed E-state index contributed by atoms with van der Waals surface area (Å²) in [5.41, 5.74) is 3.21. The van der Waals surface area contributed by atoms with Gasteiger partial charge in [-0.2, -0.15) is 10.2 Å². The van der Waals surface area contributed by atoms with Crippen LogP contribution < -0.4 is 0 Å². The number of aliphatic hydroxyl groups is 1. The van der Waals surface area contributed by atoms with Gasteiger partial charge in [-0.3, -0.25) is 14.8 Å². The smallest absolute Gasteiger partial charge is 0.155 e. The first-order valence-electron chi connectivity index (χ1n) is 8.82. The number of nitrogens with one attached hydrogen (secondary N) is 1. The largest absolute Gasteiger partial charge is 0.386 e. The maximum atomic E-state index is 13.4. The summed E-state index contributed by atoms with van der Waals surface area (Å²) < 4.78 is 20.9. The van der Waals surface area contributed by atoms with Crippen molar-refractivity contribution in [1.29, 1.82) is 0 Å². The lowest BCUT2D eigenvalue weighted by Crippen LogP contribution is -2.34. The van der Waals surface area contributed by atoms with Crippen molar-refractivity contribution in [2.24, 2.45) is 0 Å². The molecule has 0 saturated heterocycles. The zero-order chi connectivity index (χ0) is 19.3. The number of hydrogen-bond acceptors (Lipinski definition) is 6. The third-order valence-corrected chi connectivity index (χ3v) is 4.79. The highest BCUT2D eigenvalue weighted by atomic mass is 19.1. The minimum Gasteiger partial charge on any atom is -0.386 e. The number of hydrogen-bond donors (Lipinski definition) is 2. The Bertz CT molecular complexity index is 1170. The fourth-order valence-electron chi connectivity index (χ4n) is 3.56. The minimum absolute atomic E-state index is 0.206. The summed E-state index contributed by atoms with van der Waals surface area (Å²) in [7, 11) is 0. The van der Waals surface area contributed by atoms with Gasteiger partial charge in [-0.1, -0.05) is 0 Å². The molecule has 0 bridgehead atoms. The molecule has 1 aliphatic heterocycles. The van der Waals surface area contributed by atoms with Crippen molar-refractivity contribution in [3.63, 3.8) is 0 Å². The van der Waals surface area contributed by atoms with E-state index in [0.717, 1.165) is 28.4 Å². The molecule has 0 fully saturated rings. The van der Waals surface area contributed by atoms with Crippen LogP contribution in [0.3, 0.4) is 0 Å². The fourth-order valence-corrected chi connectivity index (χ4v) is 3.56. The van der Waals surface area contributed by atoms with Crippen LogP contribution in [0.4, 0.5) is 4.39 Å². The standard InChI is InChI=1S/C19H17FN6O2/c1-19(27)9-26-15(8-28-10-19)16(12-4-5-21-18-13(12)7-23-24-18)17(25-26)14-3-2-11(20)6-22-14/h2-7,27H,8-10H2,1H3,(H,21,23,24). The van der Waals surface area contributed by atoms with Gasteiger partial charge in [0.05, 0.1) is 43.5 Å². The number of aromatic nitrogens is 6. The van der Waals surface area contributed by atoms with Gasteiger partial charge in [0.25, 0.3) is 0 Å². The summed E-state index contributed by atoms with van der Waals surface area (Å²) in [6, 6.07) is 4.82. The monoisotopic (exact) mass is 380 g/mol. The van der Waals surface area contributed by atoms with E-state index in [0.29, 0.717) is 17.0 Å². The fraction of sp³-hybridized carbons (Fsp3) is 0.263. The molecule has 2 N–H and O–H groups in total. The summed E-state index contributed by atoms with van der Waals surface area (Å²) in [6.45, 7) is 2.47. The van der Waals surface area contributed by atoms with E-state index in [1.54, 1.807) is 30.1 Å². The van der Waals surface area contributed by atoms with Crippen molar-refractivity contribution in [3.8, 4) is 22.5 Å². The molecule has 0 saturated carbocycles. The van der Waals surface area contributed by atoms with Crippen molar-refractivity contribution >= 4 is 11.0 Å². The van der Waals surface area contributed by atoms with Crippen LogP contribution in [0.25, 0.3) is 33.5 Å². The zero-order valence-corrected chi connectivity index (χ0v) is 15.1. The summed E-state index contributed by atoms with van der Waals surface area (Å²) in [5.74, 6) is -0.418. The first-order chi connectivity index (χ1) is 13.5. The van der Waals surface area contributed by atoms with Gasteiger partial charge in [-0.05, 0) is 25.1 Å². The van der Waals surface area contributed by atoms with Crippen LogP contribution in [-0.4, -0.2) is 47.3 Å². The molecule has 0 amide bonds. The van der Waals surface area contributed by atoms with Crippen molar-refractivity contribution in [2.75, 3.05) is 6.61 Å². The molecule has 4 aromatic heterocycles. The summed E-state index contributed by atoms with van der Waals surface area (Å²) in [4.78, 5) is 8.51. The van der Waals surface area contributed by atoms with Crippen LogP contribution in [0.2, 0.25) is 0 Å². The number of fused-ring (bicyclic) bond motifs is 2. The molecule has 4 aromatic rings. The third kappa shape index (κ3) is 2.76. The van der Waals surface area contributed by atoms with E-state index in [9.17, 15) is 9.50 Å². The first kappa shape index (κ1) is 17.0. The van der Waals surface area contributed by atoms with Crippen LogP contribution >= 0.6 is 0 Å². The van der Waals surface area contributed by atoms with Crippen LogP contribution in [-0.2, 0) is 17.9 Å². The average Bonchev–Trinajstić information content (AvgIpc) is 3.23. The second kappa shape index (κ2) is 6.18. The second-order valence-corrected chi connectivity index (χ2v) is 7.17. The Morgan fingerprint density at radius 1 is 1.25 bits per heavy atom. The van der Waals surface area contributed by atoms with Gasteiger partial charge < -0.3 is 9.84 Å². The SMILES string of the molecule is CC1(O)COCc2c(-c3ccnc4[nH]ncc34)c(-c3ccc(F)cn3)nn2C1. The molecular weight excluding hydrogens is 363 g/mol. The predicted molar refractivity (Wildman–Crippen MR) is 98.6 cm³/mol. The Morgan fingerprint density at radius 2 is 2.14 bits per heavy atom. The normalized spacial score (nSPS) is 19.5. The highest BCUT2D eigenvalue weighted by Crippen LogP contribution is 2.38. The van der Waals surface area contributed by atoms with Gasteiger partial charge in [-0.15, -0.1) is 0 Å². The minimum atomic E-state index is -1.05. The lowest BCUT2D eigenvalue weighted by molar-refractivity contribution is -0.0381. The van der Waals surface area contributed by atoms with Gasteiger partial charge in [0.1, 0.15) is 17.1 Å². The van der Waals surface area contributed by atoms with Gasteiger partial charge in [-0.25, -0.2) is 9.37 Å². The molecule has 5 rings (SSSR count).